The van der Waals surface area contributed by atoms with E-state index in [1.54, 1.807) is 0 Å². The molecule has 0 aromatic heterocycles. The summed E-state index contributed by atoms with van der Waals surface area (Å²) in [5, 5.41) is 12.1. The molecule has 2 aliphatic rings. The Labute approximate surface area is 42.5 Å². The third-order valence-corrected chi connectivity index (χ3v) is 1.92. The lowest BCUT2D eigenvalue weighted by Gasteiger charge is -1.97. The van der Waals surface area contributed by atoms with E-state index in [4.69, 9.17) is 5.11 Å². The van der Waals surface area contributed by atoms with Gasteiger partial charge < -0.3 is 10.4 Å². The smallest absolute Gasteiger partial charge is 0.0709 e. The van der Waals surface area contributed by atoms with E-state index in [0.29, 0.717) is 12.1 Å². The fourth-order valence-electron chi connectivity index (χ4n) is 1.36. The van der Waals surface area contributed by atoms with Crippen LogP contribution in [-0.4, -0.2) is 23.3 Å². The van der Waals surface area contributed by atoms with Gasteiger partial charge in [-0.05, 0) is 12.8 Å². The molecule has 1 saturated heterocycles. The summed E-state index contributed by atoms with van der Waals surface area (Å²) in [5.41, 5.74) is 0. The van der Waals surface area contributed by atoms with Crippen molar-refractivity contribution in [2.45, 2.75) is 31.0 Å². The SMILES string of the molecule is O[C@@H]1CC[C@@H]2N[C@@H]12. The number of aliphatic hydroxyl groups is 1. The van der Waals surface area contributed by atoms with Gasteiger partial charge in [-0.3, -0.25) is 0 Å². The molecule has 3 atom stereocenters. The summed E-state index contributed by atoms with van der Waals surface area (Å²) in [7, 11) is 0. The fraction of sp³-hybridized carbons (Fsp3) is 1.00. The first-order valence-electron chi connectivity index (χ1n) is 2.82. The lowest BCUT2D eigenvalue weighted by molar-refractivity contribution is 0.176. The van der Waals surface area contributed by atoms with E-state index >= 15 is 0 Å². The van der Waals surface area contributed by atoms with Crippen molar-refractivity contribution in [3.05, 3.63) is 0 Å². The second-order valence-electron chi connectivity index (χ2n) is 2.44. The molecule has 1 heterocycles. The normalized spacial score (nSPS) is 57.0. The average Bonchev–Trinajstić information content (AvgIpc) is 2.33. The largest absolute Gasteiger partial charge is 0.391 e. The van der Waals surface area contributed by atoms with E-state index in [9.17, 15) is 0 Å². The molecule has 0 aromatic carbocycles. The Morgan fingerprint density at radius 1 is 1.43 bits per heavy atom. The first-order valence-corrected chi connectivity index (χ1v) is 2.82. The fourth-order valence-corrected chi connectivity index (χ4v) is 1.36. The van der Waals surface area contributed by atoms with Gasteiger partial charge in [-0.1, -0.05) is 0 Å². The molecule has 2 nitrogen and oxygen atoms in total. The molecule has 0 spiro atoms. The summed E-state index contributed by atoms with van der Waals surface area (Å²) in [6.45, 7) is 0. The number of aliphatic hydroxyl groups excluding tert-OH is 1. The van der Waals surface area contributed by atoms with E-state index in [1.807, 2.05) is 0 Å². The van der Waals surface area contributed by atoms with Crippen molar-refractivity contribution in [3.8, 4) is 0 Å². The van der Waals surface area contributed by atoms with Gasteiger partial charge in [0.05, 0.1) is 6.10 Å². The Morgan fingerprint density at radius 2 is 2.29 bits per heavy atom. The predicted molar refractivity (Wildman–Crippen MR) is 26.0 cm³/mol. The molecular weight excluding hydrogens is 90.1 g/mol. The summed E-state index contributed by atoms with van der Waals surface area (Å²) in [6, 6.07) is 1.18. The molecule has 0 aromatic rings. The topological polar surface area (TPSA) is 42.2 Å². The maximum atomic E-state index is 8.98. The summed E-state index contributed by atoms with van der Waals surface area (Å²) < 4.78 is 0. The van der Waals surface area contributed by atoms with Crippen LogP contribution in [0.25, 0.3) is 0 Å². The van der Waals surface area contributed by atoms with Crippen LogP contribution in [0.15, 0.2) is 0 Å². The maximum absolute atomic E-state index is 8.98. The third-order valence-electron chi connectivity index (χ3n) is 1.92. The Balaban J connectivity index is 2.08. The van der Waals surface area contributed by atoms with Crippen LogP contribution in [-0.2, 0) is 0 Å². The monoisotopic (exact) mass is 99.1 g/mol. The number of hydrogen-bond acceptors (Lipinski definition) is 2. The zero-order chi connectivity index (χ0) is 4.85. The van der Waals surface area contributed by atoms with Crippen molar-refractivity contribution in [3.63, 3.8) is 0 Å². The highest BCUT2D eigenvalue weighted by molar-refractivity contribution is 5.08. The lowest BCUT2D eigenvalue weighted by Crippen LogP contribution is -2.12. The Bertz CT molecular complexity index is 94.1. The van der Waals surface area contributed by atoms with E-state index in [1.165, 1.54) is 6.42 Å². The molecule has 0 radical (unpaired) electrons. The van der Waals surface area contributed by atoms with E-state index in [-0.39, 0.29) is 6.10 Å². The molecule has 1 saturated carbocycles. The molecule has 1 aliphatic carbocycles. The number of fused-ring (bicyclic) bond motifs is 1. The quantitative estimate of drug-likeness (QED) is 0.401. The molecule has 2 heteroatoms. The van der Waals surface area contributed by atoms with E-state index in [2.05, 4.69) is 5.32 Å². The average molecular weight is 99.1 g/mol. The standard InChI is InChI=1S/C5H9NO/c7-4-2-1-3-5(4)6-3/h3-7H,1-2H2/t3-,4+,5+/m0/s1. The van der Waals surface area contributed by atoms with Gasteiger partial charge in [0.25, 0.3) is 0 Å². The number of piperidine rings is 1. The zero-order valence-corrected chi connectivity index (χ0v) is 4.09. The minimum atomic E-state index is -0.0231. The molecular formula is C5H9NO. The van der Waals surface area contributed by atoms with Gasteiger partial charge in [-0.15, -0.1) is 0 Å². The van der Waals surface area contributed by atoms with Crippen LogP contribution < -0.4 is 5.32 Å². The maximum Gasteiger partial charge on any atom is 0.0709 e. The Hall–Kier alpha value is -0.0800. The second kappa shape index (κ2) is 1.01. The molecule has 2 rings (SSSR count). The van der Waals surface area contributed by atoms with Gasteiger partial charge in [0.2, 0.25) is 0 Å². The van der Waals surface area contributed by atoms with Crippen molar-refractivity contribution in [2.24, 2.45) is 0 Å². The zero-order valence-electron chi connectivity index (χ0n) is 4.09. The third kappa shape index (κ3) is 0.409. The highest BCUT2D eigenvalue weighted by Crippen LogP contribution is 2.30. The van der Waals surface area contributed by atoms with Gasteiger partial charge in [-0.2, -0.15) is 0 Å². The summed E-state index contributed by atoms with van der Waals surface area (Å²) in [4.78, 5) is 0. The minimum Gasteiger partial charge on any atom is -0.391 e. The molecule has 2 fully saturated rings. The van der Waals surface area contributed by atoms with Crippen molar-refractivity contribution >= 4 is 0 Å². The van der Waals surface area contributed by atoms with E-state index < -0.39 is 0 Å². The molecule has 1 aliphatic heterocycles. The van der Waals surface area contributed by atoms with Crippen LogP contribution in [0.3, 0.4) is 0 Å². The van der Waals surface area contributed by atoms with Crippen LogP contribution in [0, 0.1) is 0 Å². The Kier molecular flexibility index (Phi) is 0.557. The lowest BCUT2D eigenvalue weighted by atomic mass is 10.3. The number of hydrogen-bond donors (Lipinski definition) is 2. The number of nitrogens with one attached hydrogen (secondary N) is 1. The van der Waals surface area contributed by atoms with Crippen molar-refractivity contribution in [1.29, 1.82) is 0 Å². The van der Waals surface area contributed by atoms with Crippen LogP contribution in [0.1, 0.15) is 12.8 Å². The summed E-state index contributed by atoms with van der Waals surface area (Å²) in [5.74, 6) is 0. The van der Waals surface area contributed by atoms with Gasteiger partial charge in [-0.25, -0.2) is 0 Å². The second-order valence-corrected chi connectivity index (χ2v) is 2.44. The molecule has 0 bridgehead atoms. The highest BCUT2D eigenvalue weighted by atomic mass is 16.3. The number of rotatable bonds is 0. The Morgan fingerprint density at radius 3 is 2.43 bits per heavy atom. The molecule has 0 unspecified atom stereocenters. The molecule has 40 valence electrons. The van der Waals surface area contributed by atoms with Gasteiger partial charge in [0.15, 0.2) is 0 Å². The van der Waals surface area contributed by atoms with Crippen LogP contribution in [0.5, 0.6) is 0 Å². The van der Waals surface area contributed by atoms with Crippen LogP contribution in [0.4, 0.5) is 0 Å². The van der Waals surface area contributed by atoms with Crippen molar-refractivity contribution in [1.82, 2.24) is 5.32 Å². The predicted octanol–water partition coefficient (Wildman–Crippen LogP) is -0.519. The van der Waals surface area contributed by atoms with Crippen LogP contribution >= 0.6 is 0 Å². The van der Waals surface area contributed by atoms with Crippen molar-refractivity contribution < 1.29 is 5.11 Å². The minimum absolute atomic E-state index is 0.0231. The molecule has 0 amide bonds. The first kappa shape index (κ1) is 3.87. The van der Waals surface area contributed by atoms with Crippen LogP contribution in [0.2, 0.25) is 0 Å². The van der Waals surface area contributed by atoms with Crippen molar-refractivity contribution in [2.75, 3.05) is 0 Å². The molecule has 7 heavy (non-hydrogen) atoms. The molecule has 2 N–H and O–H groups in total. The summed E-state index contributed by atoms with van der Waals surface area (Å²) in [6.07, 6.45) is 2.18. The first-order chi connectivity index (χ1) is 3.38. The van der Waals surface area contributed by atoms with Gasteiger partial charge in [0, 0.05) is 12.1 Å². The van der Waals surface area contributed by atoms with E-state index in [0.717, 1.165) is 6.42 Å². The highest BCUT2D eigenvalue weighted by Gasteiger charge is 2.46. The summed E-state index contributed by atoms with van der Waals surface area (Å²) >= 11 is 0. The van der Waals surface area contributed by atoms with Gasteiger partial charge in [0.1, 0.15) is 0 Å². The van der Waals surface area contributed by atoms with Gasteiger partial charge >= 0.3 is 0 Å².